The van der Waals surface area contributed by atoms with Gasteiger partial charge in [-0.2, -0.15) is 0 Å². The number of nitrogen functional groups attached to an aromatic ring is 1. The summed E-state index contributed by atoms with van der Waals surface area (Å²) in [5, 5.41) is 2.97. The normalized spacial score (nSPS) is 14.2. The second-order valence-electron chi connectivity index (χ2n) is 5.44. The van der Waals surface area contributed by atoms with Crippen molar-refractivity contribution in [1.29, 1.82) is 0 Å². The Morgan fingerprint density at radius 2 is 1.67 bits per heavy atom. The van der Waals surface area contributed by atoms with Crippen molar-refractivity contribution in [2.24, 2.45) is 0 Å². The summed E-state index contributed by atoms with van der Waals surface area (Å²) >= 11 is 3.95. The van der Waals surface area contributed by atoms with Gasteiger partial charge in [0, 0.05) is 29.3 Å². The number of thioether (sulfide) groups is 2. The van der Waals surface area contributed by atoms with E-state index in [2.05, 4.69) is 17.4 Å². The molecule has 1 heterocycles. The van der Waals surface area contributed by atoms with Gasteiger partial charge in [-0.15, -0.1) is 35.9 Å². The van der Waals surface area contributed by atoms with Gasteiger partial charge in [0.25, 0.3) is 5.91 Å². The molecular formula is C18H21ClN2OS2. The van der Waals surface area contributed by atoms with Crippen molar-refractivity contribution in [3.63, 3.8) is 0 Å². The van der Waals surface area contributed by atoms with Gasteiger partial charge in [-0.05, 0) is 41.8 Å². The van der Waals surface area contributed by atoms with Crippen LogP contribution in [0.5, 0.6) is 0 Å². The number of hydrogen-bond acceptors (Lipinski definition) is 4. The van der Waals surface area contributed by atoms with Gasteiger partial charge >= 0.3 is 0 Å². The summed E-state index contributed by atoms with van der Waals surface area (Å²) in [6, 6.07) is 15.8. The van der Waals surface area contributed by atoms with Crippen molar-refractivity contribution in [2.45, 2.75) is 11.0 Å². The summed E-state index contributed by atoms with van der Waals surface area (Å²) in [5.41, 5.74) is 9.62. The molecule has 0 bridgehead atoms. The largest absolute Gasteiger partial charge is 0.399 e. The van der Waals surface area contributed by atoms with Crippen LogP contribution in [-0.4, -0.2) is 24.0 Å². The van der Waals surface area contributed by atoms with Crippen LogP contribution in [0, 0.1) is 0 Å². The van der Waals surface area contributed by atoms with Crippen molar-refractivity contribution in [2.75, 3.05) is 23.8 Å². The maximum Gasteiger partial charge on any atom is 0.251 e. The number of nitrogens with two attached hydrogens (primary N) is 1. The standard InChI is InChI=1S/C18H20N2OS2.ClH/c19-16-7-1-13(2-8-16)9-10-20-17(21)14-3-5-15(6-4-14)18-22-11-12-23-18;/h1-8,18H,9-12,19H2,(H,20,21);1H. The van der Waals surface area contributed by atoms with Gasteiger partial charge in [0.1, 0.15) is 0 Å². The molecule has 1 aliphatic rings. The number of carbonyl (C=O) groups excluding carboxylic acids is 1. The fraction of sp³-hybridized carbons (Fsp3) is 0.278. The van der Waals surface area contributed by atoms with Crippen LogP contribution >= 0.6 is 35.9 Å². The summed E-state index contributed by atoms with van der Waals surface area (Å²) < 4.78 is 0.526. The lowest BCUT2D eigenvalue weighted by Crippen LogP contribution is -2.25. The predicted molar refractivity (Wildman–Crippen MR) is 108 cm³/mol. The van der Waals surface area contributed by atoms with E-state index >= 15 is 0 Å². The highest BCUT2D eigenvalue weighted by Gasteiger charge is 2.18. The summed E-state index contributed by atoms with van der Waals surface area (Å²) in [5.74, 6) is 2.41. The summed E-state index contributed by atoms with van der Waals surface area (Å²) in [6.45, 7) is 0.624. The molecule has 6 heteroatoms. The van der Waals surface area contributed by atoms with Gasteiger partial charge in [-0.3, -0.25) is 4.79 Å². The average Bonchev–Trinajstić information content (AvgIpc) is 3.11. The van der Waals surface area contributed by atoms with E-state index in [0.29, 0.717) is 11.1 Å². The predicted octanol–water partition coefficient (Wildman–Crippen LogP) is 4.14. The lowest BCUT2D eigenvalue weighted by Gasteiger charge is -2.10. The number of benzene rings is 2. The number of amides is 1. The first kappa shape index (κ1) is 19.0. The van der Waals surface area contributed by atoms with Crippen LogP contribution in [0.15, 0.2) is 48.5 Å². The van der Waals surface area contributed by atoms with E-state index in [0.717, 1.165) is 17.7 Å². The SMILES string of the molecule is Cl.Nc1ccc(CCNC(=O)c2ccc(C3SCCS3)cc2)cc1. The molecule has 24 heavy (non-hydrogen) atoms. The minimum absolute atomic E-state index is 0. The van der Waals surface area contributed by atoms with Crippen molar-refractivity contribution in [3.8, 4) is 0 Å². The molecule has 1 amide bonds. The Bertz CT molecular complexity index is 656. The highest BCUT2D eigenvalue weighted by Crippen LogP contribution is 2.45. The molecule has 128 valence electrons. The van der Waals surface area contributed by atoms with E-state index in [1.807, 2.05) is 59.9 Å². The van der Waals surface area contributed by atoms with E-state index in [1.54, 1.807) is 0 Å². The third-order valence-electron chi connectivity index (χ3n) is 3.75. The van der Waals surface area contributed by atoms with Crippen LogP contribution in [0.2, 0.25) is 0 Å². The Labute approximate surface area is 157 Å². The maximum atomic E-state index is 12.2. The number of carbonyl (C=O) groups is 1. The van der Waals surface area contributed by atoms with Gasteiger partial charge in [0.2, 0.25) is 0 Å². The highest BCUT2D eigenvalue weighted by atomic mass is 35.5. The number of nitrogens with one attached hydrogen (secondary N) is 1. The molecule has 0 atom stereocenters. The zero-order valence-corrected chi connectivity index (χ0v) is 15.7. The lowest BCUT2D eigenvalue weighted by atomic mass is 10.1. The monoisotopic (exact) mass is 380 g/mol. The molecule has 3 nitrogen and oxygen atoms in total. The molecule has 0 spiro atoms. The number of rotatable bonds is 5. The van der Waals surface area contributed by atoms with Crippen LogP contribution in [0.1, 0.15) is 26.1 Å². The van der Waals surface area contributed by atoms with E-state index in [9.17, 15) is 4.79 Å². The van der Waals surface area contributed by atoms with Crippen LogP contribution in [0.25, 0.3) is 0 Å². The van der Waals surface area contributed by atoms with Gasteiger partial charge in [0.15, 0.2) is 0 Å². The van der Waals surface area contributed by atoms with Gasteiger partial charge < -0.3 is 11.1 Å². The molecule has 3 N–H and O–H groups in total. The van der Waals surface area contributed by atoms with Crippen LogP contribution in [0.3, 0.4) is 0 Å². The Hall–Kier alpha value is -1.30. The lowest BCUT2D eigenvalue weighted by molar-refractivity contribution is 0.0954. The summed E-state index contributed by atoms with van der Waals surface area (Å²) in [4.78, 5) is 12.2. The zero-order valence-electron chi connectivity index (χ0n) is 13.2. The molecule has 3 rings (SSSR count). The molecule has 0 aliphatic carbocycles. The van der Waals surface area contributed by atoms with Gasteiger partial charge in [0.05, 0.1) is 4.58 Å². The molecular weight excluding hydrogens is 360 g/mol. The van der Waals surface area contributed by atoms with Crippen LogP contribution in [0.4, 0.5) is 5.69 Å². The highest BCUT2D eigenvalue weighted by molar-refractivity contribution is 8.19. The minimum atomic E-state index is -0.0151. The third-order valence-corrected chi connectivity index (χ3v) is 6.85. The fourth-order valence-electron chi connectivity index (χ4n) is 2.45. The molecule has 1 aliphatic heterocycles. The quantitative estimate of drug-likeness (QED) is 0.765. The van der Waals surface area contributed by atoms with E-state index < -0.39 is 0 Å². The second-order valence-corrected chi connectivity index (χ2v) is 8.17. The first-order valence-corrected chi connectivity index (χ1v) is 9.78. The van der Waals surface area contributed by atoms with Gasteiger partial charge in [-0.25, -0.2) is 0 Å². The Kier molecular flexibility index (Phi) is 7.34. The average molecular weight is 381 g/mol. The number of halogens is 1. The first-order chi connectivity index (χ1) is 11.2. The molecule has 1 saturated heterocycles. The van der Waals surface area contributed by atoms with Crippen molar-refractivity contribution >= 4 is 47.5 Å². The molecule has 0 unspecified atom stereocenters. The van der Waals surface area contributed by atoms with Gasteiger partial charge in [-0.1, -0.05) is 24.3 Å². The molecule has 0 radical (unpaired) electrons. The number of hydrogen-bond donors (Lipinski definition) is 2. The Morgan fingerprint density at radius 3 is 2.29 bits per heavy atom. The van der Waals surface area contributed by atoms with E-state index in [-0.39, 0.29) is 18.3 Å². The molecule has 2 aromatic rings. The van der Waals surface area contributed by atoms with Crippen LogP contribution in [-0.2, 0) is 6.42 Å². The Morgan fingerprint density at radius 1 is 1.04 bits per heavy atom. The van der Waals surface area contributed by atoms with Crippen LogP contribution < -0.4 is 11.1 Å². The van der Waals surface area contributed by atoms with E-state index in [4.69, 9.17) is 5.73 Å². The molecule has 0 saturated carbocycles. The second kappa shape index (κ2) is 9.25. The first-order valence-electron chi connectivity index (χ1n) is 7.68. The van der Waals surface area contributed by atoms with Crippen molar-refractivity contribution in [1.82, 2.24) is 5.32 Å². The third kappa shape index (κ3) is 5.10. The minimum Gasteiger partial charge on any atom is -0.399 e. The smallest absolute Gasteiger partial charge is 0.251 e. The molecule has 0 aromatic heterocycles. The summed E-state index contributed by atoms with van der Waals surface area (Å²) in [6.07, 6.45) is 0.805. The molecule has 2 aromatic carbocycles. The molecule has 1 fully saturated rings. The fourth-order valence-corrected chi connectivity index (χ4v) is 5.31. The maximum absolute atomic E-state index is 12.2. The van der Waals surface area contributed by atoms with Crippen molar-refractivity contribution < 1.29 is 4.79 Å². The number of anilines is 1. The Balaban J connectivity index is 0.00000208. The topological polar surface area (TPSA) is 55.1 Å². The van der Waals surface area contributed by atoms with Crippen molar-refractivity contribution in [3.05, 3.63) is 65.2 Å². The summed E-state index contributed by atoms with van der Waals surface area (Å²) in [7, 11) is 0. The zero-order chi connectivity index (χ0) is 16.1. The van der Waals surface area contributed by atoms with E-state index in [1.165, 1.54) is 22.6 Å².